The van der Waals surface area contributed by atoms with E-state index >= 15 is 0 Å². The van der Waals surface area contributed by atoms with Crippen LogP contribution in [0.25, 0.3) is 0 Å². The summed E-state index contributed by atoms with van der Waals surface area (Å²) in [5.74, 6) is -0.516. The Morgan fingerprint density at radius 2 is 1.75 bits per heavy atom. The van der Waals surface area contributed by atoms with E-state index in [1.165, 1.54) is 23.1 Å². The zero-order valence-electron chi connectivity index (χ0n) is 11.5. The minimum Gasteiger partial charge on any atom is -0.508 e. The van der Waals surface area contributed by atoms with Gasteiger partial charge in [0, 0.05) is 13.6 Å². The lowest BCUT2D eigenvalue weighted by molar-refractivity contribution is 0.0781. The second kappa shape index (κ2) is 5.65. The lowest BCUT2D eigenvalue weighted by atomic mass is 10.1. The molecule has 0 aliphatic carbocycles. The van der Waals surface area contributed by atoms with Crippen LogP contribution in [0.5, 0.6) is 11.5 Å². The number of amides is 1. The van der Waals surface area contributed by atoms with Crippen molar-refractivity contribution in [3.8, 4) is 11.5 Å². The van der Waals surface area contributed by atoms with Gasteiger partial charge in [-0.3, -0.25) is 4.79 Å². The standard InChI is InChI=1S/C16H17NO3/c1-11-3-5-12(6-4-11)10-17(2)16(20)14-9-13(18)7-8-15(14)19/h3-9,18-19H,10H2,1-2H3. The first-order chi connectivity index (χ1) is 9.47. The molecule has 0 spiro atoms. The fraction of sp³-hybridized carbons (Fsp3) is 0.188. The maximum absolute atomic E-state index is 12.2. The van der Waals surface area contributed by atoms with Crippen LogP contribution in [0.2, 0.25) is 0 Å². The molecule has 4 heteroatoms. The Kier molecular flexibility index (Phi) is 3.94. The van der Waals surface area contributed by atoms with Gasteiger partial charge >= 0.3 is 0 Å². The molecule has 0 aliphatic heterocycles. The van der Waals surface area contributed by atoms with Crippen molar-refractivity contribution in [2.24, 2.45) is 0 Å². The van der Waals surface area contributed by atoms with Crippen LogP contribution in [0.1, 0.15) is 21.5 Å². The van der Waals surface area contributed by atoms with Gasteiger partial charge in [-0.2, -0.15) is 0 Å². The molecule has 2 aromatic carbocycles. The SMILES string of the molecule is Cc1ccc(CN(C)C(=O)c2cc(O)ccc2O)cc1. The first-order valence-corrected chi connectivity index (χ1v) is 6.30. The molecule has 104 valence electrons. The molecule has 1 amide bonds. The van der Waals surface area contributed by atoms with E-state index in [2.05, 4.69) is 0 Å². The summed E-state index contributed by atoms with van der Waals surface area (Å²) in [5.41, 5.74) is 2.26. The fourth-order valence-corrected chi connectivity index (χ4v) is 1.94. The van der Waals surface area contributed by atoms with Crippen LogP contribution in [-0.2, 0) is 6.54 Å². The van der Waals surface area contributed by atoms with Crippen LogP contribution in [0.4, 0.5) is 0 Å². The van der Waals surface area contributed by atoms with Gasteiger partial charge in [0.1, 0.15) is 11.5 Å². The Bertz CT molecular complexity index is 620. The lowest BCUT2D eigenvalue weighted by Crippen LogP contribution is -2.26. The molecule has 4 nitrogen and oxygen atoms in total. The van der Waals surface area contributed by atoms with Gasteiger partial charge in [0.25, 0.3) is 5.91 Å². The molecule has 0 fully saturated rings. The zero-order chi connectivity index (χ0) is 14.7. The smallest absolute Gasteiger partial charge is 0.257 e. The van der Waals surface area contributed by atoms with E-state index in [1.807, 2.05) is 31.2 Å². The average Bonchev–Trinajstić information content (AvgIpc) is 2.43. The number of hydrogen-bond acceptors (Lipinski definition) is 3. The summed E-state index contributed by atoms with van der Waals surface area (Å²) in [6, 6.07) is 11.8. The molecule has 0 unspecified atom stereocenters. The van der Waals surface area contributed by atoms with Crippen LogP contribution in [0.3, 0.4) is 0 Å². The summed E-state index contributed by atoms with van der Waals surface area (Å²) in [6.45, 7) is 2.44. The summed E-state index contributed by atoms with van der Waals surface area (Å²) < 4.78 is 0. The summed E-state index contributed by atoms with van der Waals surface area (Å²) >= 11 is 0. The third kappa shape index (κ3) is 3.09. The van der Waals surface area contributed by atoms with E-state index < -0.39 is 0 Å². The van der Waals surface area contributed by atoms with Gasteiger partial charge < -0.3 is 15.1 Å². The van der Waals surface area contributed by atoms with Crippen LogP contribution >= 0.6 is 0 Å². The van der Waals surface area contributed by atoms with Crippen molar-refractivity contribution in [2.45, 2.75) is 13.5 Å². The summed E-state index contributed by atoms with van der Waals surface area (Å²) in [7, 11) is 1.66. The molecule has 0 saturated carbocycles. The first kappa shape index (κ1) is 13.9. The number of aryl methyl sites for hydroxylation is 1. The van der Waals surface area contributed by atoms with E-state index in [1.54, 1.807) is 7.05 Å². The molecule has 2 aromatic rings. The van der Waals surface area contributed by atoms with Crippen LogP contribution in [0.15, 0.2) is 42.5 Å². The van der Waals surface area contributed by atoms with Gasteiger partial charge in [0.05, 0.1) is 5.56 Å². The van der Waals surface area contributed by atoms with Crippen LogP contribution in [0, 0.1) is 6.92 Å². The normalized spacial score (nSPS) is 10.3. The van der Waals surface area contributed by atoms with Crippen LogP contribution in [-0.4, -0.2) is 28.1 Å². The van der Waals surface area contributed by atoms with E-state index in [0.29, 0.717) is 6.54 Å². The number of benzene rings is 2. The van der Waals surface area contributed by atoms with Crippen molar-refractivity contribution >= 4 is 5.91 Å². The van der Waals surface area contributed by atoms with Crippen molar-refractivity contribution in [3.63, 3.8) is 0 Å². The Hall–Kier alpha value is -2.49. The fourth-order valence-electron chi connectivity index (χ4n) is 1.94. The van der Waals surface area contributed by atoms with Crippen molar-refractivity contribution in [1.82, 2.24) is 4.90 Å². The van der Waals surface area contributed by atoms with Crippen molar-refractivity contribution in [1.29, 1.82) is 0 Å². The monoisotopic (exact) mass is 271 g/mol. The number of aromatic hydroxyl groups is 2. The maximum Gasteiger partial charge on any atom is 0.257 e. The number of carbonyl (C=O) groups is 1. The predicted octanol–water partition coefficient (Wildman–Crippen LogP) is 2.68. The third-order valence-electron chi connectivity index (χ3n) is 3.10. The first-order valence-electron chi connectivity index (χ1n) is 6.30. The van der Waals surface area contributed by atoms with Gasteiger partial charge in [-0.15, -0.1) is 0 Å². The molecule has 0 aliphatic rings. The van der Waals surface area contributed by atoms with E-state index in [0.717, 1.165) is 11.1 Å². The molecule has 0 bridgehead atoms. The van der Waals surface area contributed by atoms with Gasteiger partial charge in [0.2, 0.25) is 0 Å². The number of nitrogens with zero attached hydrogens (tertiary/aromatic N) is 1. The largest absolute Gasteiger partial charge is 0.508 e. The molecule has 0 heterocycles. The molecule has 2 rings (SSSR count). The third-order valence-corrected chi connectivity index (χ3v) is 3.10. The Morgan fingerprint density at radius 3 is 2.40 bits per heavy atom. The minimum atomic E-state index is -0.334. The second-order valence-electron chi connectivity index (χ2n) is 4.85. The zero-order valence-corrected chi connectivity index (χ0v) is 11.5. The van der Waals surface area contributed by atoms with E-state index in [9.17, 15) is 15.0 Å². The molecular weight excluding hydrogens is 254 g/mol. The summed E-state index contributed by atoms with van der Waals surface area (Å²) in [4.78, 5) is 13.7. The quantitative estimate of drug-likeness (QED) is 0.844. The maximum atomic E-state index is 12.2. The van der Waals surface area contributed by atoms with Gasteiger partial charge in [-0.05, 0) is 30.7 Å². The number of rotatable bonds is 3. The van der Waals surface area contributed by atoms with Crippen LogP contribution < -0.4 is 0 Å². The highest BCUT2D eigenvalue weighted by molar-refractivity contribution is 5.97. The second-order valence-corrected chi connectivity index (χ2v) is 4.85. The number of carbonyl (C=O) groups excluding carboxylic acids is 1. The molecule has 2 N–H and O–H groups in total. The van der Waals surface area contributed by atoms with E-state index in [4.69, 9.17) is 0 Å². The van der Waals surface area contributed by atoms with Gasteiger partial charge in [-0.25, -0.2) is 0 Å². The molecule has 0 radical (unpaired) electrons. The minimum absolute atomic E-state index is 0.0464. The van der Waals surface area contributed by atoms with Gasteiger partial charge in [0.15, 0.2) is 0 Å². The number of hydrogen-bond donors (Lipinski definition) is 2. The molecule has 0 aromatic heterocycles. The topological polar surface area (TPSA) is 60.8 Å². The molecule has 0 saturated heterocycles. The summed E-state index contributed by atoms with van der Waals surface area (Å²) in [6.07, 6.45) is 0. The molecule has 0 atom stereocenters. The molecular formula is C16H17NO3. The highest BCUT2D eigenvalue weighted by Crippen LogP contribution is 2.23. The molecule has 20 heavy (non-hydrogen) atoms. The Labute approximate surface area is 117 Å². The Balaban J connectivity index is 2.16. The van der Waals surface area contributed by atoms with Crippen molar-refractivity contribution in [3.05, 3.63) is 59.2 Å². The lowest BCUT2D eigenvalue weighted by Gasteiger charge is -2.18. The number of phenolic OH excluding ortho intramolecular Hbond substituents is 2. The van der Waals surface area contributed by atoms with E-state index in [-0.39, 0.29) is 23.0 Å². The van der Waals surface area contributed by atoms with Gasteiger partial charge in [-0.1, -0.05) is 29.8 Å². The highest BCUT2D eigenvalue weighted by Gasteiger charge is 2.16. The highest BCUT2D eigenvalue weighted by atomic mass is 16.3. The predicted molar refractivity (Wildman–Crippen MR) is 76.7 cm³/mol. The number of phenols is 2. The Morgan fingerprint density at radius 1 is 1.10 bits per heavy atom. The van der Waals surface area contributed by atoms with Crippen molar-refractivity contribution < 1.29 is 15.0 Å². The van der Waals surface area contributed by atoms with Crippen molar-refractivity contribution in [2.75, 3.05) is 7.05 Å². The average molecular weight is 271 g/mol. The summed E-state index contributed by atoms with van der Waals surface area (Å²) in [5, 5.41) is 19.1.